The Balaban J connectivity index is 2.31. The third-order valence-corrected chi connectivity index (χ3v) is 4.95. The maximum Gasteiger partial charge on any atom is 0.224 e. The first-order chi connectivity index (χ1) is 7.75. The molecule has 1 unspecified atom stereocenters. The molecule has 1 fully saturated rings. The molecule has 0 saturated heterocycles. The summed E-state index contributed by atoms with van der Waals surface area (Å²) in [6.45, 7) is 15.7. The van der Waals surface area contributed by atoms with Crippen LogP contribution in [-0.2, 0) is 4.79 Å². The van der Waals surface area contributed by atoms with E-state index in [1.54, 1.807) is 0 Å². The van der Waals surface area contributed by atoms with Crippen molar-refractivity contribution < 1.29 is 4.79 Å². The molecule has 1 amide bonds. The van der Waals surface area contributed by atoms with E-state index < -0.39 is 0 Å². The van der Waals surface area contributed by atoms with E-state index in [1.807, 2.05) is 6.92 Å². The van der Waals surface area contributed by atoms with Crippen molar-refractivity contribution in [3.8, 4) is 0 Å². The van der Waals surface area contributed by atoms with Gasteiger partial charge in [-0.15, -0.1) is 0 Å². The molecule has 1 atom stereocenters. The van der Waals surface area contributed by atoms with Gasteiger partial charge in [-0.25, -0.2) is 0 Å². The normalized spacial score (nSPS) is 23.2. The number of nitrogens with one attached hydrogen (secondary N) is 2. The fraction of sp³-hybridized carbons (Fsp3) is 0.929. The third kappa shape index (κ3) is 2.82. The van der Waals surface area contributed by atoms with Gasteiger partial charge in [0.25, 0.3) is 0 Å². The van der Waals surface area contributed by atoms with Crippen LogP contribution in [0.3, 0.4) is 0 Å². The predicted octanol–water partition coefficient (Wildman–Crippen LogP) is 2.03. The SMILES string of the molecule is CCNCC(C)C(=O)NCC1C(C)(C)C1(C)C. The minimum atomic E-state index is 0.0555. The van der Waals surface area contributed by atoms with Crippen molar-refractivity contribution in [1.82, 2.24) is 10.6 Å². The molecule has 3 nitrogen and oxygen atoms in total. The molecule has 2 N–H and O–H groups in total. The molecule has 0 aliphatic heterocycles. The smallest absolute Gasteiger partial charge is 0.224 e. The number of carbonyl (C=O) groups excluding carboxylic acids is 1. The first-order valence-electron chi connectivity index (χ1n) is 6.73. The quantitative estimate of drug-likeness (QED) is 0.746. The maximum absolute atomic E-state index is 11.9. The zero-order valence-electron chi connectivity index (χ0n) is 12.2. The first kappa shape index (κ1) is 14.5. The summed E-state index contributed by atoms with van der Waals surface area (Å²) in [7, 11) is 0. The lowest BCUT2D eigenvalue weighted by Gasteiger charge is -2.13. The molecule has 0 aromatic rings. The number of hydrogen-bond donors (Lipinski definition) is 2. The lowest BCUT2D eigenvalue weighted by molar-refractivity contribution is -0.124. The van der Waals surface area contributed by atoms with Crippen molar-refractivity contribution in [3.63, 3.8) is 0 Å². The Labute approximate surface area is 106 Å². The largest absolute Gasteiger partial charge is 0.356 e. The molecular weight excluding hydrogens is 212 g/mol. The Morgan fingerprint density at radius 1 is 1.24 bits per heavy atom. The van der Waals surface area contributed by atoms with E-state index in [2.05, 4.69) is 45.3 Å². The molecule has 1 aliphatic carbocycles. The molecule has 0 aromatic carbocycles. The van der Waals surface area contributed by atoms with Gasteiger partial charge in [-0.2, -0.15) is 0 Å². The lowest BCUT2D eigenvalue weighted by atomic mass is 10.0. The van der Waals surface area contributed by atoms with Crippen LogP contribution < -0.4 is 10.6 Å². The highest BCUT2D eigenvalue weighted by Crippen LogP contribution is 2.67. The zero-order chi connectivity index (χ0) is 13.3. The summed E-state index contributed by atoms with van der Waals surface area (Å²) < 4.78 is 0. The van der Waals surface area contributed by atoms with Crippen LogP contribution in [0.2, 0.25) is 0 Å². The van der Waals surface area contributed by atoms with Gasteiger partial charge in [-0.1, -0.05) is 41.5 Å². The summed E-state index contributed by atoms with van der Waals surface area (Å²) in [5.74, 6) is 0.828. The van der Waals surface area contributed by atoms with Gasteiger partial charge in [0.05, 0.1) is 0 Å². The number of carbonyl (C=O) groups is 1. The van der Waals surface area contributed by atoms with Crippen LogP contribution in [0.1, 0.15) is 41.5 Å². The van der Waals surface area contributed by atoms with Gasteiger partial charge in [0, 0.05) is 19.0 Å². The standard InChI is InChI=1S/C14H28N2O/c1-7-15-8-10(2)12(17)16-9-11-13(3,4)14(11,5)6/h10-11,15H,7-9H2,1-6H3,(H,16,17). The van der Waals surface area contributed by atoms with E-state index in [9.17, 15) is 4.79 Å². The van der Waals surface area contributed by atoms with E-state index in [0.717, 1.165) is 19.6 Å². The molecule has 0 spiro atoms. The van der Waals surface area contributed by atoms with Gasteiger partial charge in [0.1, 0.15) is 0 Å². The third-order valence-electron chi connectivity index (χ3n) is 4.95. The Hall–Kier alpha value is -0.570. The van der Waals surface area contributed by atoms with Crippen LogP contribution in [0.25, 0.3) is 0 Å². The van der Waals surface area contributed by atoms with Crippen molar-refractivity contribution in [1.29, 1.82) is 0 Å². The molecule has 1 rings (SSSR count). The predicted molar refractivity (Wildman–Crippen MR) is 71.8 cm³/mol. The molecule has 17 heavy (non-hydrogen) atoms. The van der Waals surface area contributed by atoms with Crippen molar-refractivity contribution in [2.24, 2.45) is 22.7 Å². The molecule has 1 aliphatic rings. The molecule has 0 heterocycles. The molecule has 1 saturated carbocycles. The summed E-state index contributed by atoms with van der Waals surface area (Å²) in [6, 6.07) is 0. The highest BCUT2D eigenvalue weighted by Gasteiger charge is 2.64. The number of rotatable bonds is 6. The van der Waals surface area contributed by atoms with Gasteiger partial charge >= 0.3 is 0 Å². The van der Waals surface area contributed by atoms with Crippen LogP contribution in [-0.4, -0.2) is 25.5 Å². The van der Waals surface area contributed by atoms with Crippen LogP contribution >= 0.6 is 0 Å². The molecule has 100 valence electrons. The monoisotopic (exact) mass is 240 g/mol. The summed E-state index contributed by atoms with van der Waals surface area (Å²) in [6.07, 6.45) is 0. The molecular formula is C14H28N2O. The second-order valence-corrected chi connectivity index (χ2v) is 6.45. The number of amides is 1. The Morgan fingerprint density at radius 2 is 1.76 bits per heavy atom. The van der Waals surface area contributed by atoms with E-state index in [-0.39, 0.29) is 11.8 Å². The Kier molecular flexibility index (Phi) is 4.23. The van der Waals surface area contributed by atoms with Gasteiger partial charge < -0.3 is 10.6 Å². The summed E-state index contributed by atoms with van der Waals surface area (Å²) in [5, 5.41) is 6.29. The van der Waals surface area contributed by atoms with E-state index in [0.29, 0.717) is 16.7 Å². The van der Waals surface area contributed by atoms with Crippen LogP contribution in [0.4, 0.5) is 0 Å². The van der Waals surface area contributed by atoms with Crippen molar-refractivity contribution in [2.75, 3.05) is 19.6 Å². The van der Waals surface area contributed by atoms with Crippen LogP contribution in [0, 0.1) is 22.7 Å². The van der Waals surface area contributed by atoms with Crippen LogP contribution in [0.15, 0.2) is 0 Å². The molecule has 0 aromatic heterocycles. The fourth-order valence-corrected chi connectivity index (χ4v) is 2.67. The van der Waals surface area contributed by atoms with Crippen molar-refractivity contribution in [2.45, 2.75) is 41.5 Å². The van der Waals surface area contributed by atoms with Crippen molar-refractivity contribution in [3.05, 3.63) is 0 Å². The minimum Gasteiger partial charge on any atom is -0.356 e. The Bertz CT molecular complexity index is 270. The fourth-order valence-electron chi connectivity index (χ4n) is 2.67. The van der Waals surface area contributed by atoms with Gasteiger partial charge in [-0.3, -0.25) is 4.79 Å². The maximum atomic E-state index is 11.9. The second kappa shape index (κ2) is 4.97. The average Bonchev–Trinajstić information content (AvgIpc) is 2.63. The first-order valence-corrected chi connectivity index (χ1v) is 6.73. The summed E-state index contributed by atoms with van der Waals surface area (Å²) in [5.41, 5.74) is 0.705. The topological polar surface area (TPSA) is 41.1 Å². The lowest BCUT2D eigenvalue weighted by Crippen LogP contribution is -2.36. The summed E-state index contributed by atoms with van der Waals surface area (Å²) >= 11 is 0. The van der Waals surface area contributed by atoms with Gasteiger partial charge in [-0.05, 0) is 23.3 Å². The Morgan fingerprint density at radius 3 is 2.18 bits per heavy atom. The van der Waals surface area contributed by atoms with Gasteiger partial charge in [0.2, 0.25) is 5.91 Å². The highest BCUT2D eigenvalue weighted by atomic mass is 16.1. The molecule has 3 heteroatoms. The van der Waals surface area contributed by atoms with Crippen LogP contribution in [0.5, 0.6) is 0 Å². The second-order valence-electron chi connectivity index (χ2n) is 6.45. The number of hydrogen-bond acceptors (Lipinski definition) is 2. The van der Waals surface area contributed by atoms with E-state index >= 15 is 0 Å². The summed E-state index contributed by atoms with van der Waals surface area (Å²) in [4.78, 5) is 11.9. The van der Waals surface area contributed by atoms with Crippen molar-refractivity contribution >= 4 is 5.91 Å². The molecule has 0 radical (unpaired) electrons. The van der Waals surface area contributed by atoms with E-state index in [4.69, 9.17) is 0 Å². The minimum absolute atomic E-state index is 0.0555. The zero-order valence-corrected chi connectivity index (χ0v) is 12.2. The van der Waals surface area contributed by atoms with E-state index in [1.165, 1.54) is 0 Å². The van der Waals surface area contributed by atoms with Gasteiger partial charge in [0.15, 0.2) is 0 Å². The highest BCUT2D eigenvalue weighted by molar-refractivity contribution is 5.78. The average molecular weight is 240 g/mol. The molecule has 0 bridgehead atoms.